The number of nitrogens with one attached hydrogen (secondary N) is 1. The summed E-state index contributed by atoms with van der Waals surface area (Å²) in [6.45, 7) is 3.51. The molecule has 1 amide bonds. The molecule has 10 nitrogen and oxygen atoms in total. The van der Waals surface area contributed by atoms with E-state index in [4.69, 9.17) is 18.7 Å². The predicted octanol–water partition coefficient (Wildman–Crippen LogP) is 3.98. The Morgan fingerprint density at radius 2 is 1.74 bits per heavy atom. The first-order valence-corrected chi connectivity index (χ1v) is 11.0. The van der Waals surface area contributed by atoms with E-state index in [-0.39, 0.29) is 5.52 Å². The normalized spacial score (nSPS) is 11.8. The maximum Gasteiger partial charge on any atom is 0.297 e. The van der Waals surface area contributed by atoms with E-state index in [1.54, 1.807) is 51.3 Å². The first-order chi connectivity index (χ1) is 16.9. The highest BCUT2D eigenvalue weighted by atomic mass is 16.5. The summed E-state index contributed by atoms with van der Waals surface area (Å²) in [6.07, 6.45) is 0.301. The highest BCUT2D eigenvalue weighted by Crippen LogP contribution is 2.31. The Morgan fingerprint density at radius 3 is 2.37 bits per heavy atom. The van der Waals surface area contributed by atoms with E-state index in [1.807, 2.05) is 12.1 Å². The molecule has 0 saturated heterocycles. The number of ether oxygens (including phenoxy) is 3. The quantitative estimate of drug-likeness (QED) is 0.404. The number of hydrogen-bond donors (Lipinski definition) is 1. The first-order valence-electron chi connectivity index (χ1n) is 11.0. The number of amides is 1. The standard InChI is InChI=1S/C25H26N4O6/c1-6-19(24(30)26-18-13-17(33-4)11-12-20(18)34-5)29-25(31)23-21(14(2)35-28-23)22(27-29)15-7-9-16(32-3)10-8-15/h7-13,19H,6H2,1-5H3,(H,26,30)/t19-/m0/s1. The van der Waals surface area contributed by atoms with Crippen molar-refractivity contribution < 1.29 is 23.5 Å². The van der Waals surface area contributed by atoms with Crippen LogP contribution < -0.4 is 25.1 Å². The van der Waals surface area contributed by atoms with Crippen molar-refractivity contribution in [1.82, 2.24) is 14.9 Å². The Balaban J connectivity index is 1.81. The van der Waals surface area contributed by atoms with Crippen LogP contribution in [-0.2, 0) is 4.79 Å². The lowest BCUT2D eigenvalue weighted by atomic mass is 10.1. The molecule has 0 radical (unpaired) electrons. The van der Waals surface area contributed by atoms with E-state index in [1.165, 1.54) is 14.2 Å². The molecule has 1 N–H and O–H groups in total. The Hall–Kier alpha value is -4.34. The fourth-order valence-corrected chi connectivity index (χ4v) is 3.87. The summed E-state index contributed by atoms with van der Waals surface area (Å²) in [6, 6.07) is 11.4. The van der Waals surface area contributed by atoms with Gasteiger partial charge in [0.2, 0.25) is 5.91 Å². The molecule has 182 valence electrons. The van der Waals surface area contributed by atoms with Gasteiger partial charge in [0.05, 0.1) is 32.4 Å². The smallest absolute Gasteiger partial charge is 0.297 e. The van der Waals surface area contributed by atoms with Gasteiger partial charge in [0, 0.05) is 11.6 Å². The monoisotopic (exact) mass is 478 g/mol. The van der Waals surface area contributed by atoms with Crippen LogP contribution in [-0.4, -0.2) is 42.2 Å². The number of hydrogen-bond acceptors (Lipinski definition) is 8. The van der Waals surface area contributed by atoms with Gasteiger partial charge in [-0.1, -0.05) is 12.1 Å². The van der Waals surface area contributed by atoms with Crippen LogP contribution in [0.2, 0.25) is 0 Å². The van der Waals surface area contributed by atoms with Crippen molar-refractivity contribution in [2.24, 2.45) is 0 Å². The largest absolute Gasteiger partial charge is 0.497 e. The second-order valence-corrected chi connectivity index (χ2v) is 7.77. The minimum Gasteiger partial charge on any atom is -0.497 e. The second kappa shape index (κ2) is 9.88. The summed E-state index contributed by atoms with van der Waals surface area (Å²) in [7, 11) is 4.61. The van der Waals surface area contributed by atoms with Crippen molar-refractivity contribution >= 4 is 22.5 Å². The van der Waals surface area contributed by atoms with Crippen LogP contribution >= 0.6 is 0 Å². The number of carbonyl (C=O) groups is 1. The lowest BCUT2D eigenvalue weighted by Crippen LogP contribution is -2.35. The highest BCUT2D eigenvalue weighted by molar-refractivity contribution is 5.96. The van der Waals surface area contributed by atoms with Crippen molar-refractivity contribution in [3.8, 4) is 28.5 Å². The molecule has 0 spiro atoms. The molecule has 2 heterocycles. The van der Waals surface area contributed by atoms with Gasteiger partial charge in [-0.25, -0.2) is 4.68 Å². The van der Waals surface area contributed by atoms with E-state index >= 15 is 0 Å². The highest BCUT2D eigenvalue weighted by Gasteiger charge is 2.27. The van der Waals surface area contributed by atoms with Gasteiger partial charge in [-0.3, -0.25) is 9.59 Å². The molecule has 0 aliphatic rings. The van der Waals surface area contributed by atoms with Gasteiger partial charge in [0.25, 0.3) is 5.56 Å². The minimum absolute atomic E-state index is 0.105. The number of aromatic nitrogens is 3. The molecule has 10 heteroatoms. The van der Waals surface area contributed by atoms with Gasteiger partial charge in [-0.2, -0.15) is 5.10 Å². The fraction of sp³-hybridized carbons (Fsp3) is 0.280. The maximum absolute atomic E-state index is 13.4. The Bertz CT molecular complexity index is 1420. The molecule has 4 rings (SSSR count). The van der Waals surface area contributed by atoms with Crippen LogP contribution in [0.1, 0.15) is 25.1 Å². The van der Waals surface area contributed by atoms with Crippen LogP contribution in [0.5, 0.6) is 17.2 Å². The van der Waals surface area contributed by atoms with Crippen LogP contribution in [0.15, 0.2) is 51.8 Å². The number of fused-ring (bicyclic) bond motifs is 1. The number of carbonyl (C=O) groups excluding carboxylic acids is 1. The molecule has 0 fully saturated rings. The van der Waals surface area contributed by atoms with E-state index in [0.717, 1.165) is 10.2 Å². The van der Waals surface area contributed by atoms with Crippen molar-refractivity contribution in [3.63, 3.8) is 0 Å². The molecular formula is C25H26N4O6. The maximum atomic E-state index is 13.4. The Labute approximate surface area is 201 Å². The van der Waals surface area contributed by atoms with E-state index < -0.39 is 17.5 Å². The Morgan fingerprint density at radius 1 is 1.06 bits per heavy atom. The number of nitrogens with zero attached hydrogens (tertiary/aromatic N) is 3. The summed E-state index contributed by atoms with van der Waals surface area (Å²) in [4.78, 5) is 26.7. The van der Waals surface area contributed by atoms with Gasteiger partial charge in [0.1, 0.15) is 34.7 Å². The van der Waals surface area contributed by atoms with Crippen molar-refractivity contribution in [1.29, 1.82) is 0 Å². The number of aryl methyl sites for hydroxylation is 1. The van der Waals surface area contributed by atoms with Gasteiger partial charge in [-0.05, 0) is 49.7 Å². The number of benzene rings is 2. The molecule has 2 aromatic heterocycles. The Kier molecular flexibility index (Phi) is 6.72. The average molecular weight is 479 g/mol. The fourth-order valence-electron chi connectivity index (χ4n) is 3.87. The summed E-state index contributed by atoms with van der Waals surface area (Å²) in [5.41, 5.74) is 1.20. The van der Waals surface area contributed by atoms with Crippen LogP contribution in [0.3, 0.4) is 0 Å². The van der Waals surface area contributed by atoms with Gasteiger partial charge in [0.15, 0.2) is 5.52 Å². The molecule has 2 aromatic carbocycles. The third-order valence-electron chi connectivity index (χ3n) is 5.73. The summed E-state index contributed by atoms with van der Waals surface area (Å²) in [5.74, 6) is 1.70. The zero-order valence-electron chi connectivity index (χ0n) is 20.1. The molecule has 0 unspecified atom stereocenters. The molecule has 1 atom stereocenters. The molecule has 0 aliphatic carbocycles. The minimum atomic E-state index is -0.920. The zero-order valence-corrected chi connectivity index (χ0v) is 20.1. The molecule has 0 bridgehead atoms. The first kappa shape index (κ1) is 23.8. The van der Waals surface area contributed by atoms with Gasteiger partial charge in [-0.15, -0.1) is 0 Å². The van der Waals surface area contributed by atoms with Crippen LogP contribution in [0.25, 0.3) is 22.2 Å². The van der Waals surface area contributed by atoms with Gasteiger partial charge >= 0.3 is 0 Å². The van der Waals surface area contributed by atoms with Crippen molar-refractivity contribution in [2.45, 2.75) is 26.3 Å². The number of anilines is 1. The zero-order chi connectivity index (χ0) is 25.1. The lowest BCUT2D eigenvalue weighted by molar-refractivity contribution is -0.119. The molecule has 0 aliphatic heterocycles. The van der Waals surface area contributed by atoms with E-state index in [0.29, 0.717) is 46.2 Å². The molecule has 0 saturated carbocycles. The van der Waals surface area contributed by atoms with Crippen LogP contribution in [0, 0.1) is 6.92 Å². The third kappa shape index (κ3) is 4.42. The average Bonchev–Trinajstić information content (AvgIpc) is 3.27. The van der Waals surface area contributed by atoms with E-state index in [2.05, 4.69) is 15.6 Å². The van der Waals surface area contributed by atoms with E-state index in [9.17, 15) is 9.59 Å². The van der Waals surface area contributed by atoms with Crippen molar-refractivity contribution in [2.75, 3.05) is 26.6 Å². The predicted molar refractivity (Wildman–Crippen MR) is 130 cm³/mol. The second-order valence-electron chi connectivity index (χ2n) is 7.77. The van der Waals surface area contributed by atoms with Crippen molar-refractivity contribution in [3.05, 3.63) is 58.6 Å². The molecular weight excluding hydrogens is 452 g/mol. The topological polar surface area (TPSA) is 118 Å². The molecule has 4 aromatic rings. The number of methoxy groups -OCH3 is 3. The lowest BCUT2D eigenvalue weighted by Gasteiger charge is -2.19. The SMILES string of the molecule is CC[C@@H](C(=O)Nc1cc(OC)ccc1OC)n1nc(-c2ccc(OC)cc2)c2c(C)onc2c1=O. The third-order valence-corrected chi connectivity index (χ3v) is 5.73. The summed E-state index contributed by atoms with van der Waals surface area (Å²) >= 11 is 0. The summed E-state index contributed by atoms with van der Waals surface area (Å²) in [5, 5.41) is 11.9. The van der Waals surface area contributed by atoms with Crippen LogP contribution in [0.4, 0.5) is 5.69 Å². The number of rotatable bonds is 8. The van der Waals surface area contributed by atoms with Gasteiger partial charge < -0.3 is 24.1 Å². The summed E-state index contributed by atoms with van der Waals surface area (Å²) < 4.78 is 22.3. The molecule has 35 heavy (non-hydrogen) atoms.